The molecule has 4 nitrogen and oxygen atoms in total. The van der Waals surface area contributed by atoms with E-state index in [0.29, 0.717) is 0 Å². The van der Waals surface area contributed by atoms with Gasteiger partial charge in [0, 0.05) is 0 Å². The van der Waals surface area contributed by atoms with E-state index in [0.717, 1.165) is 0 Å². The minimum absolute atomic E-state index is 1.23. The van der Waals surface area contributed by atoms with E-state index in [1.807, 2.05) is 0 Å². The Bertz CT molecular complexity index is 365. The fourth-order valence-electron chi connectivity index (χ4n) is 0.763. The number of ether oxygens (including phenoxy) is 1. The average molecular weight is 266 g/mol. The smallest absolute Gasteiger partial charge is 0.418 e. The van der Waals surface area contributed by atoms with E-state index in [9.17, 15) is 30.3 Å². The summed E-state index contributed by atoms with van der Waals surface area (Å²) < 4.78 is 73.3. The number of halogens is 4. The largest absolute Gasteiger partial charge is 0.459 e. The molecule has 1 unspecified atom stereocenters. The first-order chi connectivity index (χ1) is 6.75. The lowest BCUT2D eigenvalue weighted by Crippen LogP contribution is -2.45. The molecule has 96 valence electrons. The van der Waals surface area contributed by atoms with Crippen molar-refractivity contribution in [1.82, 2.24) is 0 Å². The zero-order chi connectivity index (χ0) is 13.4. The number of hydrogen-bond acceptors (Lipinski definition) is 4. The molecule has 0 aliphatic heterocycles. The summed E-state index contributed by atoms with van der Waals surface area (Å²) in [6, 6.07) is 0. The number of esters is 1. The SMILES string of the molecule is CC(C)(C)OC(=O)C(C(F)(F)F)S(=O)(=O)F. The molecule has 0 rings (SSSR count). The van der Waals surface area contributed by atoms with Crippen LogP contribution in [-0.4, -0.2) is 31.4 Å². The lowest BCUT2D eigenvalue weighted by Gasteiger charge is -2.23. The second kappa shape index (κ2) is 4.19. The van der Waals surface area contributed by atoms with E-state index in [1.54, 1.807) is 0 Å². The highest BCUT2D eigenvalue weighted by atomic mass is 32.3. The van der Waals surface area contributed by atoms with E-state index in [1.165, 1.54) is 20.8 Å². The topological polar surface area (TPSA) is 60.4 Å². The van der Waals surface area contributed by atoms with Crippen LogP contribution in [0.3, 0.4) is 0 Å². The normalized spacial score (nSPS) is 15.7. The van der Waals surface area contributed by atoms with Crippen LogP contribution in [-0.2, 0) is 19.8 Å². The molecule has 1 atom stereocenters. The second-order valence-electron chi connectivity index (χ2n) is 3.93. The Morgan fingerprint density at radius 2 is 1.56 bits per heavy atom. The first-order valence-corrected chi connectivity index (χ1v) is 5.43. The van der Waals surface area contributed by atoms with Crippen LogP contribution in [0.25, 0.3) is 0 Å². The third-order valence-corrected chi connectivity index (χ3v) is 2.22. The van der Waals surface area contributed by atoms with Crippen molar-refractivity contribution in [2.45, 2.75) is 37.8 Å². The monoisotopic (exact) mass is 266 g/mol. The highest BCUT2D eigenvalue weighted by molar-refractivity contribution is 7.87. The van der Waals surface area contributed by atoms with Gasteiger partial charge in [0.05, 0.1) is 0 Å². The zero-order valence-electron chi connectivity index (χ0n) is 8.63. The van der Waals surface area contributed by atoms with Gasteiger partial charge in [0.15, 0.2) is 0 Å². The predicted molar refractivity (Wildman–Crippen MR) is 45.7 cm³/mol. The molecule has 0 bridgehead atoms. The Kier molecular flexibility index (Phi) is 3.96. The Hall–Kier alpha value is -0.860. The van der Waals surface area contributed by atoms with Crippen molar-refractivity contribution >= 4 is 16.2 Å². The lowest BCUT2D eigenvalue weighted by atomic mass is 10.2. The number of alkyl halides is 3. The minimum atomic E-state index is -6.09. The molecule has 0 saturated carbocycles. The predicted octanol–water partition coefficient (Wildman–Crippen LogP) is 1.56. The molecule has 0 heterocycles. The first-order valence-electron chi connectivity index (χ1n) is 3.98. The van der Waals surface area contributed by atoms with Crippen molar-refractivity contribution in [3.8, 4) is 0 Å². The molecule has 0 aromatic carbocycles. The van der Waals surface area contributed by atoms with E-state index in [2.05, 4.69) is 4.74 Å². The third-order valence-electron chi connectivity index (χ3n) is 1.20. The van der Waals surface area contributed by atoms with Gasteiger partial charge in [-0.1, -0.05) is 0 Å². The van der Waals surface area contributed by atoms with Crippen molar-refractivity contribution in [3.63, 3.8) is 0 Å². The summed E-state index contributed by atoms with van der Waals surface area (Å²) in [7, 11) is -6.09. The van der Waals surface area contributed by atoms with Gasteiger partial charge in [0.25, 0.3) is 5.25 Å². The first kappa shape index (κ1) is 15.1. The summed E-state index contributed by atoms with van der Waals surface area (Å²) >= 11 is 0. The van der Waals surface area contributed by atoms with Crippen molar-refractivity contribution in [2.24, 2.45) is 0 Å². The van der Waals surface area contributed by atoms with Gasteiger partial charge in [-0.25, -0.2) is 0 Å². The minimum Gasteiger partial charge on any atom is -0.459 e. The maximum Gasteiger partial charge on any atom is 0.418 e. The molecule has 0 fully saturated rings. The van der Waals surface area contributed by atoms with Gasteiger partial charge in [0.1, 0.15) is 5.60 Å². The lowest BCUT2D eigenvalue weighted by molar-refractivity contribution is -0.177. The van der Waals surface area contributed by atoms with Gasteiger partial charge in [-0.2, -0.15) is 21.6 Å². The molecular weight excluding hydrogens is 256 g/mol. The summed E-state index contributed by atoms with van der Waals surface area (Å²) in [6.45, 7) is 3.68. The average Bonchev–Trinajstić information content (AvgIpc) is 1.70. The molecule has 0 aromatic heterocycles. The third kappa shape index (κ3) is 4.77. The van der Waals surface area contributed by atoms with Crippen molar-refractivity contribution in [2.75, 3.05) is 0 Å². The van der Waals surface area contributed by atoms with Crippen LogP contribution in [0.5, 0.6) is 0 Å². The molecule has 0 radical (unpaired) electrons. The highest BCUT2D eigenvalue weighted by Gasteiger charge is 2.56. The number of carbonyl (C=O) groups is 1. The molecule has 0 aromatic rings. The molecule has 9 heteroatoms. The van der Waals surface area contributed by atoms with Gasteiger partial charge in [-0.3, -0.25) is 4.79 Å². The van der Waals surface area contributed by atoms with Gasteiger partial charge >= 0.3 is 22.4 Å². The molecular formula is C7H10F4O4S. The number of rotatable bonds is 2. The van der Waals surface area contributed by atoms with E-state index in [-0.39, 0.29) is 0 Å². The summed E-state index contributed by atoms with van der Waals surface area (Å²) in [5, 5.41) is -3.79. The molecule has 0 N–H and O–H groups in total. The zero-order valence-corrected chi connectivity index (χ0v) is 9.45. The van der Waals surface area contributed by atoms with Crippen LogP contribution in [0.4, 0.5) is 17.1 Å². The van der Waals surface area contributed by atoms with Crippen molar-refractivity contribution in [1.29, 1.82) is 0 Å². The highest BCUT2D eigenvalue weighted by Crippen LogP contribution is 2.29. The fourth-order valence-corrected chi connectivity index (χ4v) is 1.36. The maximum absolute atomic E-state index is 12.3. The molecule has 0 aliphatic rings. The fraction of sp³-hybridized carbons (Fsp3) is 0.857. The van der Waals surface area contributed by atoms with E-state index >= 15 is 0 Å². The van der Waals surface area contributed by atoms with Crippen LogP contribution in [0.15, 0.2) is 0 Å². The van der Waals surface area contributed by atoms with Crippen LogP contribution in [0.2, 0.25) is 0 Å². The summed E-state index contributed by atoms with van der Waals surface area (Å²) in [4.78, 5) is 10.9. The van der Waals surface area contributed by atoms with Gasteiger partial charge in [-0.05, 0) is 20.8 Å². The standard InChI is InChI=1S/C7H10F4O4S/c1-6(2,3)15-5(12)4(7(8,9)10)16(11,13)14/h4H,1-3H3. The molecule has 0 spiro atoms. The quantitative estimate of drug-likeness (QED) is 0.432. The Balaban J connectivity index is 5.19. The summed E-state index contributed by atoms with van der Waals surface area (Å²) in [5.41, 5.74) is -1.34. The van der Waals surface area contributed by atoms with Crippen LogP contribution in [0.1, 0.15) is 20.8 Å². The van der Waals surface area contributed by atoms with Crippen molar-refractivity contribution < 1.29 is 35.0 Å². The van der Waals surface area contributed by atoms with Gasteiger partial charge in [-0.15, -0.1) is 3.89 Å². The van der Waals surface area contributed by atoms with Crippen LogP contribution >= 0.6 is 0 Å². The maximum atomic E-state index is 12.3. The Morgan fingerprint density at radius 3 is 1.75 bits per heavy atom. The van der Waals surface area contributed by atoms with Crippen molar-refractivity contribution in [3.05, 3.63) is 0 Å². The number of carbonyl (C=O) groups excluding carboxylic acids is 1. The summed E-state index contributed by atoms with van der Waals surface area (Å²) in [5.74, 6) is -2.18. The molecule has 0 amide bonds. The second-order valence-corrected chi connectivity index (χ2v) is 5.35. The Morgan fingerprint density at radius 1 is 1.19 bits per heavy atom. The Labute approximate surface area is 89.8 Å². The molecule has 0 aliphatic carbocycles. The van der Waals surface area contributed by atoms with Gasteiger partial charge in [0.2, 0.25) is 0 Å². The van der Waals surface area contributed by atoms with Crippen LogP contribution < -0.4 is 0 Å². The van der Waals surface area contributed by atoms with E-state index in [4.69, 9.17) is 0 Å². The van der Waals surface area contributed by atoms with Gasteiger partial charge < -0.3 is 4.74 Å². The number of hydrogen-bond donors (Lipinski definition) is 0. The molecule has 16 heavy (non-hydrogen) atoms. The van der Waals surface area contributed by atoms with Crippen LogP contribution in [0, 0.1) is 0 Å². The molecule has 0 saturated heterocycles. The van der Waals surface area contributed by atoms with E-state index < -0.39 is 33.2 Å². The summed E-state index contributed by atoms with van der Waals surface area (Å²) in [6.07, 6.45) is -5.55.